The molecule has 0 bridgehead atoms. The first-order valence-electron chi connectivity index (χ1n) is 7.23. The molecule has 1 saturated carbocycles. The summed E-state index contributed by atoms with van der Waals surface area (Å²) < 4.78 is 1.47. The van der Waals surface area contributed by atoms with E-state index in [0.29, 0.717) is 29.8 Å². The van der Waals surface area contributed by atoms with Crippen molar-refractivity contribution in [2.45, 2.75) is 39.2 Å². The molecule has 8 heteroatoms. The highest BCUT2D eigenvalue weighted by Crippen LogP contribution is 2.29. The second-order valence-electron chi connectivity index (χ2n) is 5.92. The van der Waals surface area contributed by atoms with Gasteiger partial charge in [-0.2, -0.15) is 24.7 Å². The monoisotopic (exact) mass is 288 g/mol. The minimum atomic E-state index is 0.176. The summed E-state index contributed by atoms with van der Waals surface area (Å²) in [5, 5.41) is 7.39. The van der Waals surface area contributed by atoms with Crippen LogP contribution in [0.3, 0.4) is 0 Å². The molecule has 2 heterocycles. The highest BCUT2D eigenvalue weighted by molar-refractivity contribution is 5.35. The number of nitrogens with zero attached hydrogens (tertiary/aromatic N) is 6. The predicted octanol–water partition coefficient (Wildman–Crippen LogP) is 1.27. The van der Waals surface area contributed by atoms with Crippen LogP contribution in [0.5, 0.6) is 0 Å². The van der Waals surface area contributed by atoms with Crippen molar-refractivity contribution in [1.29, 1.82) is 0 Å². The van der Waals surface area contributed by atoms with Gasteiger partial charge in [-0.05, 0) is 31.1 Å². The van der Waals surface area contributed by atoms with Gasteiger partial charge in [0.25, 0.3) is 5.95 Å². The van der Waals surface area contributed by atoms with Crippen LogP contribution in [0.4, 0.5) is 11.9 Å². The molecule has 112 valence electrons. The van der Waals surface area contributed by atoms with E-state index in [0.717, 1.165) is 12.8 Å². The fraction of sp³-hybridized carbons (Fsp3) is 0.615. The van der Waals surface area contributed by atoms with Gasteiger partial charge in [-0.1, -0.05) is 13.8 Å². The molecule has 0 aliphatic heterocycles. The normalized spacial score (nSPS) is 25.7. The van der Waals surface area contributed by atoms with Crippen molar-refractivity contribution in [2.75, 3.05) is 11.1 Å². The van der Waals surface area contributed by atoms with Gasteiger partial charge in [-0.15, -0.1) is 0 Å². The van der Waals surface area contributed by atoms with Crippen LogP contribution in [-0.4, -0.2) is 35.8 Å². The lowest BCUT2D eigenvalue weighted by atomic mass is 9.80. The van der Waals surface area contributed by atoms with Crippen molar-refractivity contribution in [3.63, 3.8) is 0 Å². The zero-order valence-electron chi connectivity index (χ0n) is 12.3. The first-order valence-corrected chi connectivity index (χ1v) is 7.23. The standard InChI is InChI=1S/C13H20N8/c1-8-3-9(2)5-10(4-8)17-12-18-11(14)19-13(20-12)21-7-15-6-16-21/h6-10H,3-5H2,1-2H3,(H3,14,17,18,19,20). The van der Waals surface area contributed by atoms with Crippen LogP contribution in [0.15, 0.2) is 12.7 Å². The summed E-state index contributed by atoms with van der Waals surface area (Å²) in [6.07, 6.45) is 6.48. The molecule has 0 spiro atoms. The molecule has 1 aliphatic carbocycles. The van der Waals surface area contributed by atoms with Crippen molar-refractivity contribution in [3.05, 3.63) is 12.7 Å². The third-order valence-corrected chi connectivity index (χ3v) is 3.78. The molecule has 1 aliphatic rings. The molecule has 3 N–H and O–H groups in total. The Balaban J connectivity index is 1.79. The highest BCUT2D eigenvalue weighted by atomic mass is 15.4. The Bertz CT molecular complexity index is 586. The van der Waals surface area contributed by atoms with Gasteiger partial charge in [0.2, 0.25) is 11.9 Å². The molecule has 8 nitrogen and oxygen atoms in total. The summed E-state index contributed by atoms with van der Waals surface area (Å²) in [5.74, 6) is 2.47. The molecular weight excluding hydrogens is 268 g/mol. The Morgan fingerprint density at radius 2 is 1.90 bits per heavy atom. The maximum Gasteiger partial charge on any atom is 0.258 e. The van der Waals surface area contributed by atoms with Crippen LogP contribution in [0.2, 0.25) is 0 Å². The first-order chi connectivity index (χ1) is 10.1. The maximum absolute atomic E-state index is 5.76. The van der Waals surface area contributed by atoms with Crippen LogP contribution in [0, 0.1) is 11.8 Å². The topological polar surface area (TPSA) is 107 Å². The fourth-order valence-electron chi connectivity index (χ4n) is 3.11. The number of anilines is 2. The van der Waals surface area contributed by atoms with Crippen molar-refractivity contribution in [3.8, 4) is 5.95 Å². The fourth-order valence-corrected chi connectivity index (χ4v) is 3.11. The molecule has 21 heavy (non-hydrogen) atoms. The van der Waals surface area contributed by atoms with E-state index in [1.165, 1.54) is 23.8 Å². The summed E-state index contributed by atoms with van der Waals surface area (Å²) in [7, 11) is 0. The van der Waals surface area contributed by atoms with Crippen LogP contribution in [0.1, 0.15) is 33.1 Å². The Morgan fingerprint density at radius 1 is 1.14 bits per heavy atom. The van der Waals surface area contributed by atoms with Crippen LogP contribution >= 0.6 is 0 Å². The Hall–Kier alpha value is -2.25. The van der Waals surface area contributed by atoms with E-state index in [4.69, 9.17) is 5.73 Å². The van der Waals surface area contributed by atoms with Gasteiger partial charge in [0, 0.05) is 6.04 Å². The molecule has 0 saturated heterocycles. The predicted molar refractivity (Wildman–Crippen MR) is 78.7 cm³/mol. The highest BCUT2D eigenvalue weighted by Gasteiger charge is 2.24. The quantitative estimate of drug-likeness (QED) is 0.875. The van der Waals surface area contributed by atoms with Gasteiger partial charge in [-0.25, -0.2) is 4.98 Å². The molecule has 2 aromatic rings. The third-order valence-electron chi connectivity index (χ3n) is 3.78. The number of aromatic nitrogens is 6. The lowest BCUT2D eigenvalue weighted by Gasteiger charge is -2.31. The smallest absolute Gasteiger partial charge is 0.258 e. The summed E-state index contributed by atoms with van der Waals surface area (Å²) >= 11 is 0. The molecule has 0 amide bonds. The Labute approximate surface area is 123 Å². The minimum absolute atomic E-state index is 0.176. The molecular formula is C13H20N8. The van der Waals surface area contributed by atoms with E-state index in [1.807, 2.05) is 0 Å². The minimum Gasteiger partial charge on any atom is -0.368 e. The lowest BCUT2D eigenvalue weighted by Crippen LogP contribution is -2.31. The lowest BCUT2D eigenvalue weighted by molar-refractivity contribution is 0.280. The number of hydrogen-bond donors (Lipinski definition) is 2. The van der Waals surface area contributed by atoms with Crippen molar-refractivity contribution in [1.82, 2.24) is 29.7 Å². The van der Waals surface area contributed by atoms with E-state index in [-0.39, 0.29) is 5.95 Å². The van der Waals surface area contributed by atoms with E-state index in [9.17, 15) is 0 Å². The summed E-state index contributed by atoms with van der Waals surface area (Å²) in [6, 6.07) is 0.370. The average molecular weight is 288 g/mol. The molecule has 2 aromatic heterocycles. The second-order valence-corrected chi connectivity index (χ2v) is 5.92. The molecule has 2 unspecified atom stereocenters. The van der Waals surface area contributed by atoms with Gasteiger partial charge >= 0.3 is 0 Å². The summed E-state index contributed by atoms with van der Waals surface area (Å²) in [4.78, 5) is 16.5. The Morgan fingerprint density at radius 3 is 2.57 bits per heavy atom. The van der Waals surface area contributed by atoms with Crippen LogP contribution in [0.25, 0.3) is 5.95 Å². The number of nitrogens with two attached hydrogens (primary N) is 1. The van der Waals surface area contributed by atoms with Crippen molar-refractivity contribution < 1.29 is 0 Å². The largest absolute Gasteiger partial charge is 0.368 e. The number of nitrogens with one attached hydrogen (secondary N) is 1. The summed E-state index contributed by atoms with van der Waals surface area (Å²) in [6.45, 7) is 4.57. The van der Waals surface area contributed by atoms with Gasteiger partial charge < -0.3 is 11.1 Å². The summed E-state index contributed by atoms with van der Waals surface area (Å²) in [5.41, 5.74) is 5.76. The van der Waals surface area contributed by atoms with Crippen molar-refractivity contribution >= 4 is 11.9 Å². The zero-order valence-corrected chi connectivity index (χ0v) is 12.3. The third kappa shape index (κ3) is 3.26. The average Bonchev–Trinajstić information content (AvgIpc) is 2.90. The number of hydrogen-bond acceptors (Lipinski definition) is 7. The van der Waals surface area contributed by atoms with Gasteiger partial charge in [0.05, 0.1) is 0 Å². The zero-order chi connectivity index (χ0) is 14.8. The Kier molecular flexibility index (Phi) is 3.68. The van der Waals surface area contributed by atoms with Crippen LogP contribution < -0.4 is 11.1 Å². The van der Waals surface area contributed by atoms with E-state index < -0.39 is 0 Å². The van der Waals surface area contributed by atoms with Crippen molar-refractivity contribution in [2.24, 2.45) is 11.8 Å². The SMILES string of the molecule is CC1CC(C)CC(Nc2nc(N)nc(-n3cncn3)n2)C1. The van der Waals surface area contributed by atoms with Gasteiger partial charge in [-0.3, -0.25) is 0 Å². The van der Waals surface area contributed by atoms with E-state index >= 15 is 0 Å². The number of rotatable bonds is 3. The molecule has 3 rings (SSSR count). The van der Waals surface area contributed by atoms with E-state index in [1.54, 1.807) is 0 Å². The van der Waals surface area contributed by atoms with Gasteiger partial charge in [0.1, 0.15) is 12.7 Å². The molecule has 0 aromatic carbocycles. The molecule has 2 atom stereocenters. The maximum atomic E-state index is 5.76. The molecule has 0 radical (unpaired) electrons. The van der Waals surface area contributed by atoms with E-state index in [2.05, 4.69) is 44.2 Å². The van der Waals surface area contributed by atoms with Gasteiger partial charge in [0.15, 0.2) is 0 Å². The van der Waals surface area contributed by atoms with Crippen LogP contribution in [-0.2, 0) is 0 Å². The second kappa shape index (κ2) is 5.63. The number of nitrogen functional groups attached to an aromatic ring is 1. The first kappa shape index (κ1) is 13.7. The molecule has 1 fully saturated rings.